The number of methoxy groups -OCH3 is 2. The van der Waals surface area contributed by atoms with Crippen LogP contribution in [0.1, 0.15) is 22.8 Å². The van der Waals surface area contributed by atoms with E-state index in [0.29, 0.717) is 49.2 Å². The molecule has 4 aromatic carbocycles. The summed E-state index contributed by atoms with van der Waals surface area (Å²) < 4.78 is 10.9. The Morgan fingerprint density at radius 2 is 1.63 bits per heavy atom. The number of aromatic nitrogens is 1. The molecule has 250 valence electrons. The van der Waals surface area contributed by atoms with Gasteiger partial charge in [-0.25, -0.2) is 4.98 Å². The molecule has 0 fully saturated rings. The van der Waals surface area contributed by atoms with E-state index >= 15 is 0 Å². The number of amides is 3. The molecule has 13 heteroatoms. The maximum Gasteiger partial charge on any atom is 0.272 e. The Morgan fingerprint density at radius 3 is 2.33 bits per heavy atom. The van der Waals surface area contributed by atoms with Gasteiger partial charge in [0, 0.05) is 32.7 Å². The molecule has 3 N–H and O–H groups in total. The molecular formula is C36H30Cl2N4O5S2. The number of nitrogens with zero attached hydrogens (tertiary/aromatic N) is 1. The van der Waals surface area contributed by atoms with Crippen molar-refractivity contribution in [2.24, 2.45) is 0 Å². The molecule has 5 aromatic rings. The van der Waals surface area contributed by atoms with Crippen LogP contribution in [-0.4, -0.2) is 42.2 Å². The lowest BCUT2D eigenvalue weighted by molar-refractivity contribution is -0.115. The molecule has 1 heterocycles. The first-order valence-corrected chi connectivity index (χ1v) is 17.3. The summed E-state index contributed by atoms with van der Waals surface area (Å²) in [6.45, 7) is 1.79. The fourth-order valence-electron chi connectivity index (χ4n) is 4.52. The van der Waals surface area contributed by atoms with Crippen LogP contribution < -0.4 is 25.4 Å². The van der Waals surface area contributed by atoms with Gasteiger partial charge in [-0.3, -0.25) is 14.4 Å². The maximum atomic E-state index is 13.5. The first-order valence-electron chi connectivity index (χ1n) is 14.7. The number of anilines is 2. The topological polar surface area (TPSA) is 119 Å². The SMILES string of the molecule is COc1cccc(/C=C(\NC(=O)c2ccccc2)C(=O)Nc2ccc(SC(C)C(=O)Nc3nc(-c4ccc(Cl)c(Cl)c4)cs3)cc2)c1OC. The smallest absolute Gasteiger partial charge is 0.272 e. The summed E-state index contributed by atoms with van der Waals surface area (Å²) in [6.07, 6.45) is 1.53. The average molecular weight is 734 g/mol. The number of para-hydroxylation sites is 1. The number of carbonyl (C=O) groups is 3. The van der Waals surface area contributed by atoms with Crippen molar-refractivity contribution in [2.45, 2.75) is 17.1 Å². The van der Waals surface area contributed by atoms with E-state index in [-0.39, 0.29) is 11.6 Å². The van der Waals surface area contributed by atoms with Crippen molar-refractivity contribution in [3.8, 4) is 22.8 Å². The number of hydrogen-bond acceptors (Lipinski definition) is 8. The number of ether oxygens (including phenoxy) is 2. The molecule has 0 bridgehead atoms. The fourth-order valence-corrected chi connectivity index (χ4v) is 6.41. The van der Waals surface area contributed by atoms with Crippen molar-refractivity contribution >= 4 is 80.9 Å². The molecule has 49 heavy (non-hydrogen) atoms. The molecule has 0 spiro atoms. The number of benzene rings is 4. The Hall–Kier alpha value is -4.81. The molecule has 5 rings (SSSR count). The number of thioether (sulfide) groups is 1. The first-order chi connectivity index (χ1) is 23.6. The second kappa shape index (κ2) is 16.5. The van der Waals surface area contributed by atoms with Crippen molar-refractivity contribution < 1.29 is 23.9 Å². The molecule has 0 aliphatic carbocycles. The highest BCUT2D eigenvalue weighted by atomic mass is 35.5. The molecule has 1 aromatic heterocycles. The largest absolute Gasteiger partial charge is 0.493 e. The van der Waals surface area contributed by atoms with Crippen LogP contribution >= 0.6 is 46.3 Å². The highest BCUT2D eigenvalue weighted by Gasteiger charge is 2.19. The van der Waals surface area contributed by atoms with Crippen LogP contribution in [0.5, 0.6) is 11.5 Å². The van der Waals surface area contributed by atoms with Crippen molar-refractivity contribution in [3.05, 3.63) is 123 Å². The van der Waals surface area contributed by atoms with Gasteiger partial charge in [0.15, 0.2) is 16.6 Å². The predicted octanol–water partition coefficient (Wildman–Crippen LogP) is 8.66. The molecule has 0 radical (unpaired) electrons. The van der Waals surface area contributed by atoms with Crippen LogP contribution in [0.4, 0.5) is 10.8 Å². The van der Waals surface area contributed by atoms with E-state index in [0.717, 1.165) is 10.5 Å². The molecule has 0 aliphatic heterocycles. The lowest BCUT2D eigenvalue weighted by Crippen LogP contribution is -2.30. The van der Waals surface area contributed by atoms with Gasteiger partial charge < -0.3 is 25.4 Å². The lowest BCUT2D eigenvalue weighted by Gasteiger charge is -2.14. The van der Waals surface area contributed by atoms with Gasteiger partial charge in [-0.15, -0.1) is 23.1 Å². The van der Waals surface area contributed by atoms with Crippen LogP contribution in [0, 0.1) is 0 Å². The van der Waals surface area contributed by atoms with Crippen LogP contribution in [0.25, 0.3) is 17.3 Å². The second-order valence-electron chi connectivity index (χ2n) is 10.4. The van der Waals surface area contributed by atoms with Gasteiger partial charge in [-0.2, -0.15) is 0 Å². The molecule has 1 atom stereocenters. The van der Waals surface area contributed by atoms with Gasteiger partial charge in [-0.05, 0) is 67.6 Å². The first kappa shape index (κ1) is 35.5. The second-order valence-corrected chi connectivity index (χ2v) is 13.4. The number of nitrogens with one attached hydrogen (secondary N) is 3. The Bertz CT molecular complexity index is 2000. The number of rotatable bonds is 12. The van der Waals surface area contributed by atoms with Gasteiger partial charge in [0.05, 0.1) is 35.2 Å². The van der Waals surface area contributed by atoms with E-state index < -0.39 is 17.1 Å². The minimum absolute atomic E-state index is 0.00588. The summed E-state index contributed by atoms with van der Waals surface area (Å²) in [5.74, 6) is -0.335. The van der Waals surface area contributed by atoms with E-state index in [9.17, 15) is 14.4 Å². The number of hydrogen-bond donors (Lipinski definition) is 3. The summed E-state index contributed by atoms with van der Waals surface area (Å²) in [4.78, 5) is 44.9. The number of halogens is 2. The van der Waals surface area contributed by atoms with Crippen molar-refractivity contribution in [2.75, 3.05) is 24.9 Å². The van der Waals surface area contributed by atoms with Gasteiger partial charge >= 0.3 is 0 Å². The summed E-state index contributed by atoms with van der Waals surface area (Å²) in [5.41, 5.74) is 2.87. The van der Waals surface area contributed by atoms with Gasteiger partial charge in [0.1, 0.15) is 5.70 Å². The fraction of sp³-hybridized carbons (Fsp3) is 0.111. The van der Waals surface area contributed by atoms with Gasteiger partial charge in [-0.1, -0.05) is 59.6 Å². The zero-order valence-electron chi connectivity index (χ0n) is 26.5. The van der Waals surface area contributed by atoms with E-state index in [1.807, 2.05) is 11.4 Å². The number of thiazole rings is 1. The van der Waals surface area contributed by atoms with E-state index in [1.54, 1.807) is 91.9 Å². The molecular weight excluding hydrogens is 703 g/mol. The Balaban J connectivity index is 1.25. The molecule has 0 saturated carbocycles. The van der Waals surface area contributed by atoms with E-state index in [4.69, 9.17) is 32.7 Å². The normalized spacial score (nSPS) is 11.7. The van der Waals surface area contributed by atoms with Crippen LogP contribution in [0.15, 0.2) is 107 Å². The summed E-state index contributed by atoms with van der Waals surface area (Å²) in [5, 5.41) is 11.2. The lowest BCUT2D eigenvalue weighted by atomic mass is 10.1. The molecule has 0 aliphatic rings. The quantitative estimate of drug-likeness (QED) is 0.0868. The van der Waals surface area contributed by atoms with Gasteiger partial charge in [0.2, 0.25) is 5.91 Å². The minimum atomic E-state index is -0.550. The molecule has 1 unspecified atom stereocenters. The van der Waals surface area contributed by atoms with Crippen molar-refractivity contribution in [1.82, 2.24) is 10.3 Å². The predicted molar refractivity (Wildman–Crippen MR) is 198 cm³/mol. The van der Waals surface area contributed by atoms with Crippen LogP contribution in [-0.2, 0) is 9.59 Å². The van der Waals surface area contributed by atoms with Crippen LogP contribution in [0.3, 0.4) is 0 Å². The summed E-state index contributed by atoms with van der Waals surface area (Å²) in [7, 11) is 3.01. The maximum absolute atomic E-state index is 13.5. The molecule has 3 amide bonds. The molecule has 9 nitrogen and oxygen atoms in total. The third-order valence-corrected chi connectivity index (χ3v) is 9.61. The highest BCUT2D eigenvalue weighted by molar-refractivity contribution is 8.00. The highest BCUT2D eigenvalue weighted by Crippen LogP contribution is 2.33. The zero-order chi connectivity index (χ0) is 34.9. The van der Waals surface area contributed by atoms with Crippen molar-refractivity contribution in [3.63, 3.8) is 0 Å². The third-order valence-electron chi connectivity index (χ3n) is 7.01. The summed E-state index contributed by atoms with van der Waals surface area (Å²) in [6, 6.07) is 26.1. The van der Waals surface area contributed by atoms with E-state index in [1.165, 1.54) is 43.4 Å². The van der Waals surface area contributed by atoms with Crippen molar-refractivity contribution in [1.29, 1.82) is 0 Å². The average Bonchev–Trinajstić information content (AvgIpc) is 3.58. The standard InChI is InChI=1S/C36H30Cl2N4O5S2/c1-21(33(43)42-36-41-30(20-48-36)23-12-17-27(37)28(38)18-23)49-26-15-13-25(14-16-26)39-35(45)29(40-34(44)22-8-5-4-6-9-22)19-24-10-7-11-31(46-2)32(24)47-3/h4-21H,1-3H3,(H,39,45)(H,40,44)(H,41,42,43)/b29-19-. The monoisotopic (exact) mass is 732 g/mol. The Labute approximate surface area is 301 Å². The zero-order valence-corrected chi connectivity index (χ0v) is 29.6. The summed E-state index contributed by atoms with van der Waals surface area (Å²) >= 11 is 14.8. The minimum Gasteiger partial charge on any atom is -0.493 e. The van der Waals surface area contributed by atoms with Crippen LogP contribution in [0.2, 0.25) is 10.0 Å². The molecule has 0 saturated heterocycles. The third kappa shape index (κ3) is 9.21. The number of carbonyl (C=O) groups excluding carboxylic acids is 3. The Kier molecular flexibility index (Phi) is 12.0. The van der Waals surface area contributed by atoms with E-state index in [2.05, 4.69) is 20.9 Å². The Morgan fingerprint density at radius 1 is 0.878 bits per heavy atom. The van der Waals surface area contributed by atoms with Gasteiger partial charge in [0.25, 0.3) is 11.8 Å².